The van der Waals surface area contributed by atoms with Crippen LogP contribution in [0.4, 0.5) is 0 Å². The molecule has 1 unspecified atom stereocenters. The Kier molecular flexibility index (Phi) is 2.79. The van der Waals surface area contributed by atoms with Crippen molar-refractivity contribution in [1.29, 1.82) is 0 Å². The molecule has 1 fully saturated rings. The first kappa shape index (κ1) is 9.61. The van der Waals surface area contributed by atoms with Gasteiger partial charge in [0.25, 0.3) is 5.91 Å². The van der Waals surface area contributed by atoms with Crippen LogP contribution in [0.3, 0.4) is 0 Å². The zero-order valence-electron chi connectivity index (χ0n) is 8.06. The van der Waals surface area contributed by atoms with E-state index in [0.29, 0.717) is 6.04 Å². The summed E-state index contributed by atoms with van der Waals surface area (Å²) >= 11 is 1.40. The molecular weight excluding hydrogens is 198 g/mol. The number of carbonyl (C=O) groups excluding carboxylic acids is 1. The lowest BCUT2D eigenvalue weighted by molar-refractivity contribution is 0.0794. The van der Waals surface area contributed by atoms with E-state index in [1.165, 1.54) is 11.3 Å². The number of aromatic nitrogens is 1. The van der Waals surface area contributed by atoms with Crippen LogP contribution in [-0.2, 0) is 0 Å². The highest BCUT2D eigenvalue weighted by Crippen LogP contribution is 2.15. The third-order valence-electron chi connectivity index (χ3n) is 2.53. The molecule has 0 bridgehead atoms. The molecule has 76 valence electrons. The van der Waals surface area contributed by atoms with Crippen LogP contribution in [0.25, 0.3) is 0 Å². The lowest BCUT2D eigenvalue weighted by atomic mass is 10.3. The van der Waals surface area contributed by atoms with Gasteiger partial charge in [-0.05, 0) is 13.5 Å². The van der Waals surface area contributed by atoms with Crippen LogP contribution >= 0.6 is 11.3 Å². The van der Waals surface area contributed by atoms with E-state index in [9.17, 15) is 4.79 Å². The van der Waals surface area contributed by atoms with E-state index in [-0.39, 0.29) is 5.91 Å². The van der Waals surface area contributed by atoms with Crippen molar-refractivity contribution in [2.24, 2.45) is 0 Å². The largest absolute Gasteiger partial charge is 0.336 e. The van der Waals surface area contributed by atoms with Gasteiger partial charge in [0.15, 0.2) is 0 Å². The summed E-state index contributed by atoms with van der Waals surface area (Å²) in [6.45, 7) is 1.66. The fourth-order valence-electron chi connectivity index (χ4n) is 1.66. The van der Waals surface area contributed by atoms with Gasteiger partial charge >= 0.3 is 0 Å². The molecule has 2 rings (SSSR count). The van der Waals surface area contributed by atoms with Crippen molar-refractivity contribution in [2.75, 3.05) is 20.1 Å². The van der Waals surface area contributed by atoms with Crippen LogP contribution in [0, 0.1) is 0 Å². The van der Waals surface area contributed by atoms with Gasteiger partial charge in [-0.25, -0.2) is 0 Å². The van der Waals surface area contributed by atoms with Crippen LogP contribution < -0.4 is 5.32 Å². The van der Waals surface area contributed by atoms with Crippen molar-refractivity contribution in [3.8, 4) is 0 Å². The molecule has 1 aromatic heterocycles. The number of likely N-dealkylation sites (N-methyl/N-ethyl adjacent to an activating group) is 1. The van der Waals surface area contributed by atoms with Crippen LogP contribution in [0.1, 0.15) is 16.1 Å². The Hall–Kier alpha value is -0.940. The van der Waals surface area contributed by atoms with Gasteiger partial charge in [0.2, 0.25) is 0 Å². The molecule has 14 heavy (non-hydrogen) atoms. The first-order valence-corrected chi connectivity index (χ1v) is 5.54. The van der Waals surface area contributed by atoms with Gasteiger partial charge in [-0.2, -0.15) is 0 Å². The fourth-order valence-corrected chi connectivity index (χ4v) is 2.24. The molecule has 1 aliphatic rings. The molecular formula is C9H13N3OS. The molecule has 1 amide bonds. The maximum absolute atomic E-state index is 11.8. The highest BCUT2D eigenvalue weighted by atomic mass is 32.1. The van der Waals surface area contributed by atoms with Crippen molar-refractivity contribution >= 4 is 17.2 Å². The van der Waals surface area contributed by atoms with Crippen LogP contribution in [0.5, 0.6) is 0 Å². The fraction of sp³-hybridized carbons (Fsp3) is 0.556. The Balaban J connectivity index is 2.00. The van der Waals surface area contributed by atoms with Crippen LogP contribution in [0.2, 0.25) is 0 Å². The minimum absolute atomic E-state index is 0.116. The molecule has 0 aliphatic carbocycles. The van der Waals surface area contributed by atoms with Crippen molar-refractivity contribution in [2.45, 2.75) is 12.5 Å². The minimum Gasteiger partial charge on any atom is -0.336 e. The second-order valence-electron chi connectivity index (χ2n) is 3.39. The van der Waals surface area contributed by atoms with Crippen molar-refractivity contribution in [3.63, 3.8) is 0 Å². The molecule has 1 N–H and O–H groups in total. The number of thiazole rings is 1. The predicted octanol–water partition coefficient (Wildman–Crippen LogP) is 0.577. The SMILES string of the molecule is CNC1CCN(C(=O)c2cncs2)C1. The second-order valence-corrected chi connectivity index (χ2v) is 4.28. The molecule has 1 atom stereocenters. The first-order chi connectivity index (χ1) is 6.81. The second kappa shape index (κ2) is 4.06. The Morgan fingerprint density at radius 1 is 1.79 bits per heavy atom. The number of amides is 1. The summed E-state index contributed by atoms with van der Waals surface area (Å²) in [6.07, 6.45) is 2.68. The number of hydrogen-bond acceptors (Lipinski definition) is 4. The monoisotopic (exact) mass is 211 g/mol. The van der Waals surface area contributed by atoms with E-state index in [1.54, 1.807) is 11.7 Å². The topological polar surface area (TPSA) is 45.2 Å². The minimum atomic E-state index is 0.116. The Bertz CT molecular complexity index is 312. The summed E-state index contributed by atoms with van der Waals surface area (Å²) < 4.78 is 0. The van der Waals surface area contributed by atoms with Gasteiger partial charge in [-0.3, -0.25) is 9.78 Å². The number of likely N-dealkylation sites (tertiary alicyclic amines) is 1. The Morgan fingerprint density at radius 2 is 2.64 bits per heavy atom. The zero-order valence-corrected chi connectivity index (χ0v) is 8.88. The van der Waals surface area contributed by atoms with Gasteiger partial charge in [-0.1, -0.05) is 0 Å². The number of rotatable bonds is 2. The molecule has 1 aromatic rings. The maximum atomic E-state index is 11.8. The van der Waals surface area contributed by atoms with E-state index < -0.39 is 0 Å². The summed E-state index contributed by atoms with van der Waals surface area (Å²) in [5, 5.41) is 3.19. The van der Waals surface area contributed by atoms with Gasteiger partial charge in [0.05, 0.1) is 11.7 Å². The van der Waals surface area contributed by atoms with Gasteiger partial charge in [0.1, 0.15) is 4.88 Å². The lowest BCUT2D eigenvalue weighted by Gasteiger charge is -2.14. The molecule has 2 heterocycles. The van der Waals surface area contributed by atoms with Gasteiger partial charge in [-0.15, -0.1) is 11.3 Å². The zero-order chi connectivity index (χ0) is 9.97. The van der Waals surface area contributed by atoms with Crippen molar-refractivity contribution in [3.05, 3.63) is 16.6 Å². The maximum Gasteiger partial charge on any atom is 0.265 e. The molecule has 0 spiro atoms. The number of hydrogen-bond donors (Lipinski definition) is 1. The molecule has 1 aliphatic heterocycles. The van der Waals surface area contributed by atoms with E-state index in [0.717, 1.165) is 24.4 Å². The first-order valence-electron chi connectivity index (χ1n) is 4.66. The highest BCUT2D eigenvalue weighted by Gasteiger charge is 2.26. The van der Waals surface area contributed by atoms with Crippen LogP contribution in [-0.4, -0.2) is 42.0 Å². The highest BCUT2D eigenvalue weighted by molar-refractivity contribution is 7.11. The van der Waals surface area contributed by atoms with E-state index in [4.69, 9.17) is 0 Å². The molecule has 4 nitrogen and oxygen atoms in total. The standard InChI is InChI=1S/C9H13N3OS/c1-10-7-2-3-12(5-7)9(13)8-4-11-6-14-8/h4,6-7,10H,2-3,5H2,1H3. The summed E-state index contributed by atoms with van der Waals surface area (Å²) in [4.78, 5) is 18.4. The average molecular weight is 211 g/mol. The number of nitrogens with zero attached hydrogens (tertiary/aromatic N) is 2. The molecule has 0 radical (unpaired) electrons. The van der Waals surface area contributed by atoms with Crippen molar-refractivity contribution < 1.29 is 4.79 Å². The summed E-state index contributed by atoms with van der Waals surface area (Å²) in [7, 11) is 1.94. The Labute approximate surface area is 86.9 Å². The predicted molar refractivity (Wildman–Crippen MR) is 55.5 cm³/mol. The summed E-state index contributed by atoms with van der Waals surface area (Å²) in [5.74, 6) is 0.116. The van der Waals surface area contributed by atoms with Crippen molar-refractivity contribution in [1.82, 2.24) is 15.2 Å². The van der Waals surface area contributed by atoms with Gasteiger partial charge < -0.3 is 10.2 Å². The lowest BCUT2D eigenvalue weighted by Crippen LogP contribution is -2.33. The van der Waals surface area contributed by atoms with E-state index in [1.807, 2.05) is 11.9 Å². The molecule has 1 saturated heterocycles. The normalized spacial score (nSPS) is 21.5. The number of nitrogens with one attached hydrogen (secondary N) is 1. The number of carbonyl (C=O) groups is 1. The van der Waals surface area contributed by atoms with Gasteiger partial charge in [0, 0.05) is 19.1 Å². The Morgan fingerprint density at radius 3 is 3.21 bits per heavy atom. The quantitative estimate of drug-likeness (QED) is 0.778. The third-order valence-corrected chi connectivity index (χ3v) is 3.29. The molecule has 5 heteroatoms. The summed E-state index contributed by atoms with van der Waals surface area (Å²) in [6, 6.07) is 0.451. The summed E-state index contributed by atoms with van der Waals surface area (Å²) in [5.41, 5.74) is 1.69. The molecule has 0 aromatic carbocycles. The van der Waals surface area contributed by atoms with E-state index in [2.05, 4.69) is 10.3 Å². The third kappa shape index (κ3) is 1.78. The smallest absolute Gasteiger partial charge is 0.265 e. The van der Waals surface area contributed by atoms with E-state index >= 15 is 0 Å². The molecule has 0 saturated carbocycles. The average Bonchev–Trinajstić information content (AvgIpc) is 2.88. The van der Waals surface area contributed by atoms with Crippen LogP contribution in [0.15, 0.2) is 11.7 Å².